The highest BCUT2D eigenvalue weighted by Gasteiger charge is 2.14. The molecule has 1 aliphatic heterocycles. The van der Waals surface area contributed by atoms with Crippen molar-refractivity contribution in [1.29, 1.82) is 0 Å². The van der Waals surface area contributed by atoms with Crippen molar-refractivity contribution in [3.05, 3.63) is 35.8 Å². The summed E-state index contributed by atoms with van der Waals surface area (Å²) in [5, 5.41) is 9.19. The molecular formula is C15H19N3O2. The molecule has 106 valence electrons. The molecule has 2 aromatic rings. The van der Waals surface area contributed by atoms with E-state index in [0.29, 0.717) is 5.65 Å². The number of hydrogen-bond donors (Lipinski definition) is 1. The minimum absolute atomic E-state index is 0.261. The second-order valence-electron chi connectivity index (χ2n) is 5.37. The van der Waals surface area contributed by atoms with E-state index in [0.717, 1.165) is 25.3 Å². The molecule has 5 nitrogen and oxygen atoms in total. The quantitative estimate of drug-likeness (QED) is 0.933. The molecule has 0 aromatic carbocycles. The number of carboxylic acids is 1. The van der Waals surface area contributed by atoms with Gasteiger partial charge in [-0.15, -0.1) is 0 Å². The van der Waals surface area contributed by atoms with Gasteiger partial charge in [-0.3, -0.25) is 9.30 Å². The Morgan fingerprint density at radius 1 is 1.20 bits per heavy atom. The number of aromatic nitrogens is 2. The second kappa shape index (κ2) is 5.63. The number of fused-ring (bicyclic) bond motifs is 1. The smallest absolute Gasteiger partial charge is 0.352 e. The highest BCUT2D eigenvalue weighted by Crippen LogP contribution is 2.15. The molecule has 20 heavy (non-hydrogen) atoms. The molecule has 0 bridgehead atoms. The first-order valence-electron chi connectivity index (χ1n) is 7.17. The zero-order valence-electron chi connectivity index (χ0n) is 11.5. The molecule has 1 aliphatic rings. The predicted molar refractivity (Wildman–Crippen MR) is 75.9 cm³/mol. The van der Waals surface area contributed by atoms with E-state index < -0.39 is 5.97 Å². The molecule has 1 N–H and O–H groups in total. The molecule has 0 amide bonds. The van der Waals surface area contributed by atoms with Crippen LogP contribution in [0.3, 0.4) is 0 Å². The molecule has 2 aromatic heterocycles. The number of hydrogen-bond acceptors (Lipinski definition) is 3. The molecule has 0 spiro atoms. The van der Waals surface area contributed by atoms with Gasteiger partial charge in [0.1, 0.15) is 11.3 Å². The van der Waals surface area contributed by atoms with Crippen LogP contribution in [0.1, 0.15) is 41.9 Å². The van der Waals surface area contributed by atoms with Crippen LogP contribution >= 0.6 is 0 Å². The van der Waals surface area contributed by atoms with E-state index in [2.05, 4.69) is 9.88 Å². The van der Waals surface area contributed by atoms with E-state index in [4.69, 9.17) is 0 Å². The lowest BCUT2D eigenvalue weighted by Crippen LogP contribution is -2.24. The van der Waals surface area contributed by atoms with Crippen molar-refractivity contribution in [3.8, 4) is 0 Å². The molecular weight excluding hydrogens is 254 g/mol. The summed E-state index contributed by atoms with van der Waals surface area (Å²) in [6, 6.07) is 5.19. The summed E-state index contributed by atoms with van der Waals surface area (Å²) in [6.45, 7) is 3.03. The summed E-state index contributed by atoms with van der Waals surface area (Å²) in [7, 11) is 0. The minimum Gasteiger partial charge on any atom is -0.477 e. The van der Waals surface area contributed by atoms with Crippen molar-refractivity contribution in [2.24, 2.45) is 0 Å². The standard InChI is InChI=1S/C15H19N3O2/c19-15(20)13-6-5-7-14-16-12(11-18(13)14)10-17-8-3-1-2-4-9-17/h5-7,11H,1-4,8-10H2,(H,19,20). The van der Waals surface area contributed by atoms with E-state index in [9.17, 15) is 9.90 Å². The fraction of sp³-hybridized carbons (Fsp3) is 0.467. The van der Waals surface area contributed by atoms with Crippen LogP contribution in [-0.4, -0.2) is 38.4 Å². The Morgan fingerprint density at radius 2 is 1.95 bits per heavy atom. The normalized spacial score (nSPS) is 17.2. The predicted octanol–water partition coefficient (Wildman–Crippen LogP) is 2.41. The Labute approximate surface area is 117 Å². The van der Waals surface area contributed by atoms with Gasteiger partial charge < -0.3 is 5.11 Å². The van der Waals surface area contributed by atoms with E-state index in [1.165, 1.54) is 25.7 Å². The van der Waals surface area contributed by atoms with Gasteiger partial charge in [-0.25, -0.2) is 9.78 Å². The molecule has 1 fully saturated rings. The van der Waals surface area contributed by atoms with Crippen LogP contribution < -0.4 is 0 Å². The number of aromatic carboxylic acids is 1. The van der Waals surface area contributed by atoms with Crippen molar-refractivity contribution in [1.82, 2.24) is 14.3 Å². The lowest BCUT2D eigenvalue weighted by atomic mass is 10.2. The molecule has 1 saturated heterocycles. The van der Waals surface area contributed by atoms with Crippen LogP contribution in [0, 0.1) is 0 Å². The maximum atomic E-state index is 11.2. The third-order valence-electron chi connectivity index (χ3n) is 3.85. The number of carbonyl (C=O) groups is 1. The lowest BCUT2D eigenvalue weighted by molar-refractivity contribution is 0.0689. The van der Waals surface area contributed by atoms with Gasteiger partial charge in [0.25, 0.3) is 0 Å². The number of pyridine rings is 1. The molecule has 0 saturated carbocycles. The third kappa shape index (κ3) is 2.67. The average molecular weight is 273 g/mol. The van der Waals surface area contributed by atoms with Gasteiger partial charge in [-0.2, -0.15) is 0 Å². The first-order chi connectivity index (χ1) is 9.74. The third-order valence-corrected chi connectivity index (χ3v) is 3.85. The van der Waals surface area contributed by atoms with Gasteiger partial charge >= 0.3 is 5.97 Å². The van der Waals surface area contributed by atoms with Crippen LogP contribution in [0.2, 0.25) is 0 Å². The summed E-state index contributed by atoms with van der Waals surface area (Å²) in [5.74, 6) is -0.922. The van der Waals surface area contributed by atoms with Gasteiger partial charge in [0.2, 0.25) is 0 Å². The summed E-state index contributed by atoms with van der Waals surface area (Å²) in [5.41, 5.74) is 1.91. The maximum absolute atomic E-state index is 11.2. The lowest BCUT2D eigenvalue weighted by Gasteiger charge is -2.17. The summed E-state index contributed by atoms with van der Waals surface area (Å²) in [6.07, 6.45) is 6.96. The Kier molecular flexibility index (Phi) is 3.69. The fourth-order valence-electron chi connectivity index (χ4n) is 2.84. The van der Waals surface area contributed by atoms with Crippen molar-refractivity contribution < 1.29 is 9.90 Å². The van der Waals surface area contributed by atoms with Crippen molar-refractivity contribution in [3.63, 3.8) is 0 Å². The number of nitrogens with zero attached hydrogens (tertiary/aromatic N) is 3. The van der Waals surface area contributed by atoms with Gasteiger partial charge in [0.05, 0.1) is 5.69 Å². The van der Waals surface area contributed by atoms with Gasteiger partial charge in [0.15, 0.2) is 0 Å². The van der Waals surface area contributed by atoms with Crippen LogP contribution in [0.5, 0.6) is 0 Å². The Bertz CT molecular complexity index is 613. The SMILES string of the molecule is O=C(O)c1cccc2nc(CN3CCCCCC3)cn12. The first-order valence-corrected chi connectivity index (χ1v) is 7.17. The Balaban J connectivity index is 1.85. The summed E-state index contributed by atoms with van der Waals surface area (Å²) < 4.78 is 1.66. The maximum Gasteiger partial charge on any atom is 0.352 e. The van der Waals surface area contributed by atoms with Gasteiger partial charge in [0, 0.05) is 12.7 Å². The van der Waals surface area contributed by atoms with Crippen molar-refractivity contribution in [2.75, 3.05) is 13.1 Å². The van der Waals surface area contributed by atoms with E-state index in [1.807, 2.05) is 12.3 Å². The Hall–Kier alpha value is -1.88. The molecule has 5 heteroatoms. The monoisotopic (exact) mass is 273 g/mol. The molecule has 0 unspecified atom stereocenters. The van der Waals surface area contributed by atoms with Crippen LogP contribution in [0.15, 0.2) is 24.4 Å². The summed E-state index contributed by atoms with van der Waals surface area (Å²) >= 11 is 0. The zero-order chi connectivity index (χ0) is 13.9. The number of carboxylic acid groups (broad SMARTS) is 1. The zero-order valence-corrected chi connectivity index (χ0v) is 11.5. The molecule has 0 radical (unpaired) electrons. The van der Waals surface area contributed by atoms with E-state index in [-0.39, 0.29) is 5.69 Å². The number of imidazole rings is 1. The fourth-order valence-corrected chi connectivity index (χ4v) is 2.84. The van der Waals surface area contributed by atoms with Crippen molar-refractivity contribution >= 4 is 11.6 Å². The van der Waals surface area contributed by atoms with Crippen LogP contribution in [0.25, 0.3) is 5.65 Å². The van der Waals surface area contributed by atoms with Crippen LogP contribution in [0.4, 0.5) is 0 Å². The number of likely N-dealkylation sites (tertiary alicyclic amines) is 1. The summed E-state index contributed by atoms with van der Waals surface area (Å²) in [4.78, 5) is 18.2. The minimum atomic E-state index is -0.922. The second-order valence-corrected chi connectivity index (χ2v) is 5.37. The van der Waals surface area contributed by atoms with Crippen molar-refractivity contribution in [2.45, 2.75) is 32.2 Å². The van der Waals surface area contributed by atoms with Crippen LogP contribution in [-0.2, 0) is 6.54 Å². The van der Waals surface area contributed by atoms with Gasteiger partial charge in [-0.1, -0.05) is 18.9 Å². The highest BCUT2D eigenvalue weighted by atomic mass is 16.4. The Morgan fingerprint density at radius 3 is 2.65 bits per heavy atom. The molecule has 3 rings (SSSR count). The highest BCUT2D eigenvalue weighted by molar-refractivity contribution is 5.86. The largest absolute Gasteiger partial charge is 0.477 e. The van der Waals surface area contributed by atoms with Gasteiger partial charge in [-0.05, 0) is 38.1 Å². The first kappa shape index (κ1) is 13.1. The number of rotatable bonds is 3. The van der Waals surface area contributed by atoms with E-state index >= 15 is 0 Å². The topological polar surface area (TPSA) is 57.8 Å². The average Bonchev–Trinajstić information content (AvgIpc) is 2.65. The van der Waals surface area contributed by atoms with E-state index in [1.54, 1.807) is 16.5 Å². The molecule has 0 aliphatic carbocycles. The molecule has 3 heterocycles. The molecule has 0 atom stereocenters.